The van der Waals surface area contributed by atoms with E-state index in [1.807, 2.05) is 20.8 Å². The molecule has 0 radical (unpaired) electrons. The molecule has 0 fully saturated rings. The Kier molecular flexibility index (Phi) is 3.59. The molecule has 0 unspecified atom stereocenters. The molecule has 0 aliphatic heterocycles. The second-order valence-electron chi connectivity index (χ2n) is 4.68. The first-order valence-corrected chi connectivity index (χ1v) is 7.13. The van der Waals surface area contributed by atoms with Crippen LogP contribution in [0.15, 0.2) is 17.0 Å². The van der Waals surface area contributed by atoms with Crippen molar-refractivity contribution in [1.82, 2.24) is 0 Å². The molecular formula is C10H14ClFN2O2S. The average molecular weight is 281 g/mol. The molecule has 0 heterocycles. The fourth-order valence-electron chi connectivity index (χ4n) is 1.27. The van der Waals surface area contributed by atoms with Gasteiger partial charge in [0.1, 0.15) is 10.7 Å². The van der Waals surface area contributed by atoms with Crippen molar-refractivity contribution in [3.05, 3.63) is 17.9 Å². The summed E-state index contributed by atoms with van der Waals surface area (Å²) in [5.41, 5.74) is 5.78. The second kappa shape index (κ2) is 4.34. The maximum Gasteiger partial charge on any atom is 0.264 e. The number of benzene rings is 1. The van der Waals surface area contributed by atoms with E-state index < -0.39 is 19.8 Å². The normalized spacial score (nSPS) is 12.5. The van der Waals surface area contributed by atoms with E-state index in [0.717, 1.165) is 12.1 Å². The number of nitrogens with two attached hydrogens (primary N) is 1. The van der Waals surface area contributed by atoms with Gasteiger partial charge in [0.05, 0.1) is 11.4 Å². The number of nitrogens with one attached hydrogen (secondary N) is 1. The van der Waals surface area contributed by atoms with E-state index in [4.69, 9.17) is 16.4 Å². The van der Waals surface area contributed by atoms with Crippen molar-refractivity contribution in [1.29, 1.82) is 0 Å². The molecule has 0 aromatic heterocycles. The van der Waals surface area contributed by atoms with Gasteiger partial charge in [-0.25, -0.2) is 12.8 Å². The van der Waals surface area contributed by atoms with Gasteiger partial charge in [-0.15, -0.1) is 0 Å². The van der Waals surface area contributed by atoms with Crippen LogP contribution in [0.5, 0.6) is 0 Å². The number of halogens is 2. The van der Waals surface area contributed by atoms with E-state index >= 15 is 0 Å². The van der Waals surface area contributed by atoms with Crippen LogP contribution < -0.4 is 11.1 Å². The van der Waals surface area contributed by atoms with Gasteiger partial charge in [-0.05, 0) is 26.8 Å². The zero-order chi connectivity index (χ0) is 13.4. The Morgan fingerprint density at radius 3 is 2.29 bits per heavy atom. The summed E-state index contributed by atoms with van der Waals surface area (Å²) in [5.74, 6) is -0.930. The van der Waals surface area contributed by atoms with Crippen molar-refractivity contribution in [2.45, 2.75) is 31.2 Å². The lowest BCUT2D eigenvalue weighted by atomic mass is 10.1. The van der Waals surface area contributed by atoms with Gasteiger partial charge < -0.3 is 11.1 Å². The first-order chi connectivity index (χ1) is 7.50. The lowest BCUT2D eigenvalue weighted by molar-refractivity contribution is 0.575. The standard InChI is InChI=1S/C10H14ClFN2O2S/c1-10(2,3)14-8-4-6(12)9(5-7(8)13)17(11,15)16/h4-5,14H,13H2,1-3H3. The monoisotopic (exact) mass is 280 g/mol. The van der Waals surface area contributed by atoms with Crippen molar-refractivity contribution < 1.29 is 12.8 Å². The molecule has 0 saturated heterocycles. The van der Waals surface area contributed by atoms with Crippen LogP contribution in [0.25, 0.3) is 0 Å². The first-order valence-electron chi connectivity index (χ1n) is 4.82. The number of anilines is 2. The molecule has 0 spiro atoms. The van der Waals surface area contributed by atoms with E-state index in [1.54, 1.807) is 0 Å². The SMILES string of the molecule is CC(C)(C)Nc1cc(F)c(S(=O)(=O)Cl)cc1N. The fraction of sp³-hybridized carbons (Fsp3) is 0.400. The maximum atomic E-state index is 13.5. The van der Waals surface area contributed by atoms with Gasteiger partial charge in [-0.1, -0.05) is 0 Å². The third kappa shape index (κ3) is 3.74. The first kappa shape index (κ1) is 14.1. The lowest BCUT2D eigenvalue weighted by Gasteiger charge is -2.23. The molecule has 4 nitrogen and oxygen atoms in total. The number of nitrogen functional groups attached to an aromatic ring is 1. The Hall–Kier alpha value is -1.01. The molecule has 0 amide bonds. The molecule has 3 N–H and O–H groups in total. The van der Waals surface area contributed by atoms with Crippen molar-refractivity contribution in [2.75, 3.05) is 11.1 Å². The molecule has 96 valence electrons. The molecule has 0 bridgehead atoms. The van der Waals surface area contributed by atoms with Crippen LogP contribution in [0.4, 0.5) is 15.8 Å². The Balaban J connectivity index is 3.29. The highest BCUT2D eigenvalue weighted by Crippen LogP contribution is 2.29. The summed E-state index contributed by atoms with van der Waals surface area (Å²) in [6.07, 6.45) is 0. The van der Waals surface area contributed by atoms with E-state index in [9.17, 15) is 12.8 Å². The molecule has 0 atom stereocenters. The maximum absolute atomic E-state index is 13.5. The third-order valence-electron chi connectivity index (χ3n) is 1.88. The summed E-state index contributed by atoms with van der Waals surface area (Å²) in [5, 5.41) is 2.97. The fourth-order valence-corrected chi connectivity index (χ4v) is 2.18. The summed E-state index contributed by atoms with van der Waals surface area (Å²) < 4.78 is 35.6. The van der Waals surface area contributed by atoms with Gasteiger partial charge in [0.25, 0.3) is 9.05 Å². The number of hydrogen-bond donors (Lipinski definition) is 2. The van der Waals surface area contributed by atoms with Gasteiger partial charge in [-0.2, -0.15) is 0 Å². The van der Waals surface area contributed by atoms with Crippen LogP contribution in [-0.2, 0) is 9.05 Å². The second-order valence-corrected chi connectivity index (χ2v) is 7.22. The summed E-state index contributed by atoms with van der Waals surface area (Å²) in [4.78, 5) is -0.615. The van der Waals surface area contributed by atoms with Crippen LogP contribution in [0.1, 0.15) is 20.8 Å². The zero-order valence-electron chi connectivity index (χ0n) is 9.71. The van der Waals surface area contributed by atoms with E-state index in [-0.39, 0.29) is 11.2 Å². The minimum Gasteiger partial charge on any atom is -0.397 e. The Bertz CT molecular complexity index is 538. The molecule has 1 rings (SSSR count). The Morgan fingerprint density at radius 2 is 1.88 bits per heavy atom. The van der Waals surface area contributed by atoms with Gasteiger partial charge in [-0.3, -0.25) is 0 Å². The zero-order valence-corrected chi connectivity index (χ0v) is 11.3. The highest BCUT2D eigenvalue weighted by Gasteiger charge is 2.20. The average Bonchev–Trinajstić information content (AvgIpc) is 2.06. The largest absolute Gasteiger partial charge is 0.397 e. The molecule has 7 heteroatoms. The molecule has 0 aliphatic carbocycles. The van der Waals surface area contributed by atoms with Crippen molar-refractivity contribution in [3.8, 4) is 0 Å². The molecule has 0 aliphatic rings. The highest BCUT2D eigenvalue weighted by molar-refractivity contribution is 8.13. The van der Waals surface area contributed by atoms with Crippen LogP contribution in [0, 0.1) is 5.82 Å². The predicted molar refractivity (Wildman–Crippen MR) is 67.2 cm³/mol. The highest BCUT2D eigenvalue weighted by atomic mass is 35.7. The number of hydrogen-bond acceptors (Lipinski definition) is 4. The van der Waals surface area contributed by atoms with Crippen LogP contribution in [0.3, 0.4) is 0 Å². The Labute approximate surface area is 104 Å². The van der Waals surface area contributed by atoms with Crippen molar-refractivity contribution >= 4 is 31.1 Å². The van der Waals surface area contributed by atoms with E-state index in [2.05, 4.69) is 5.32 Å². The predicted octanol–water partition coefficient (Wildman–Crippen LogP) is 2.55. The van der Waals surface area contributed by atoms with Crippen LogP contribution >= 0.6 is 10.7 Å². The molecule has 17 heavy (non-hydrogen) atoms. The van der Waals surface area contributed by atoms with Gasteiger partial charge in [0.15, 0.2) is 0 Å². The quantitative estimate of drug-likeness (QED) is 0.645. The number of rotatable bonds is 2. The lowest BCUT2D eigenvalue weighted by Crippen LogP contribution is -2.26. The Morgan fingerprint density at radius 1 is 1.35 bits per heavy atom. The summed E-state index contributed by atoms with van der Waals surface area (Å²) in [6.45, 7) is 5.61. The van der Waals surface area contributed by atoms with Crippen LogP contribution in [0.2, 0.25) is 0 Å². The van der Waals surface area contributed by atoms with Gasteiger partial charge in [0.2, 0.25) is 0 Å². The molecule has 0 saturated carbocycles. The van der Waals surface area contributed by atoms with Gasteiger partial charge in [0, 0.05) is 22.3 Å². The minimum absolute atomic E-state index is 0.126. The summed E-state index contributed by atoms with van der Waals surface area (Å²) in [6, 6.07) is 2.03. The smallest absolute Gasteiger partial charge is 0.264 e. The van der Waals surface area contributed by atoms with Crippen molar-refractivity contribution in [2.24, 2.45) is 0 Å². The molecule has 1 aromatic carbocycles. The van der Waals surface area contributed by atoms with Crippen molar-refractivity contribution in [3.63, 3.8) is 0 Å². The third-order valence-corrected chi connectivity index (χ3v) is 3.21. The molecule has 1 aromatic rings. The topological polar surface area (TPSA) is 72.2 Å². The van der Waals surface area contributed by atoms with E-state index in [0.29, 0.717) is 5.69 Å². The van der Waals surface area contributed by atoms with E-state index in [1.165, 1.54) is 0 Å². The van der Waals surface area contributed by atoms with Gasteiger partial charge >= 0.3 is 0 Å². The van der Waals surface area contributed by atoms with Crippen LogP contribution in [-0.4, -0.2) is 14.0 Å². The summed E-state index contributed by atoms with van der Waals surface area (Å²) >= 11 is 0. The molecular weight excluding hydrogens is 267 g/mol. The summed E-state index contributed by atoms with van der Waals surface area (Å²) in [7, 11) is 0.950. The minimum atomic E-state index is -4.13.